The zero-order valence-corrected chi connectivity index (χ0v) is 19.0. The fourth-order valence-corrected chi connectivity index (χ4v) is 3.38. The Kier molecular flexibility index (Phi) is 10.3. The van der Waals surface area contributed by atoms with Crippen molar-refractivity contribution in [2.75, 3.05) is 20.2 Å². The van der Waals surface area contributed by atoms with Gasteiger partial charge in [0.25, 0.3) is 0 Å². The van der Waals surface area contributed by atoms with Crippen molar-refractivity contribution in [3.8, 4) is 5.69 Å². The van der Waals surface area contributed by atoms with E-state index in [4.69, 9.17) is 4.74 Å². The smallest absolute Gasteiger partial charge is 0.191 e. The second-order valence-corrected chi connectivity index (χ2v) is 6.92. The van der Waals surface area contributed by atoms with E-state index in [2.05, 4.69) is 20.7 Å². The normalized spacial score (nSPS) is 15.5. The van der Waals surface area contributed by atoms with Gasteiger partial charge in [0.15, 0.2) is 5.96 Å². The van der Waals surface area contributed by atoms with E-state index in [1.807, 2.05) is 47.3 Å². The molecule has 2 aromatic rings. The first-order chi connectivity index (χ1) is 13.3. The van der Waals surface area contributed by atoms with Crippen LogP contribution < -0.4 is 10.6 Å². The van der Waals surface area contributed by atoms with E-state index in [0.29, 0.717) is 19.3 Å². The number of hydrogen-bond acceptors (Lipinski definition) is 3. The topological polar surface area (TPSA) is 63.5 Å². The number of halogens is 1. The third-order valence-electron chi connectivity index (χ3n) is 4.88. The molecule has 28 heavy (non-hydrogen) atoms. The van der Waals surface area contributed by atoms with Crippen LogP contribution in [0.2, 0.25) is 0 Å². The summed E-state index contributed by atoms with van der Waals surface area (Å²) in [5.41, 5.74) is 2.03. The number of aromatic nitrogens is 2. The van der Waals surface area contributed by atoms with Gasteiger partial charge in [-0.2, -0.15) is 5.10 Å². The van der Waals surface area contributed by atoms with Gasteiger partial charge in [-0.05, 0) is 31.0 Å². The summed E-state index contributed by atoms with van der Waals surface area (Å²) < 4.78 is 7.89. The fourth-order valence-electron chi connectivity index (χ4n) is 3.38. The van der Waals surface area contributed by atoms with E-state index in [0.717, 1.165) is 23.9 Å². The zero-order valence-electron chi connectivity index (χ0n) is 16.6. The van der Waals surface area contributed by atoms with Crippen LogP contribution in [0, 0.1) is 0 Å². The van der Waals surface area contributed by atoms with Gasteiger partial charge in [-0.1, -0.05) is 43.9 Å². The fraction of sp³-hybridized carbons (Fsp3) is 0.524. The number of rotatable bonds is 7. The lowest BCUT2D eigenvalue weighted by molar-refractivity contribution is 0.0468. The van der Waals surface area contributed by atoms with Crippen LogP contribution in [-0.2, 0) is 11.3 Å². The van der Waals surface area contributed by atoms with Crippen LogP contribution in [0.25, 0.3) is 5.69 Å². The van der Waals surface area contributed by atoms with Crippen molar-refractivity contribution in [1.29, 1.82) is 0 Å². The summed E-state index contributed by atoms with van der Waals surface area (Å²) in [4.78, 5) is 4.27. The standard InChI is InChI=1S/C21H31N5O.HI/c1-22-21(23-14-16-27-20-11-7-2-3-8-12-20)24-17-18-13-15-26(25-18)19-9-5-4-6-10-19;/h4-6,9-10,13,15,20H,2-3,7-8,11-12,14,16-17H2,1H3,(H2,22,23,24);1H. The Morgan fingerprint density at radius 1 is 1.11 bits per heavy atom. The molecule has 1 aliphatic rings. The molecule has 0 saturated heterocycles. The Morgan fingerprint density at radius 3 is 2.57 bits per heavy atom. The highest BCUT2D eigenvalue weighted by Gasteiger charge is 2.12. The minimum absolute atomic E-state index is 0. The molecule has 6 nitrogen and oxygen atoms in total. The monoisotopic (exact) mass is 497 g/mol. The molecule has 0 unspecified atom stereocenters. The predicted molar refractivity (Wildman–Crippen MR) is 125 cm³/mol. The first kappa shape index (κ1) is 22.7. The Balaban J connectivity index is 0.00000280. The average molecular weight is 497 g/mol. The van der Waals surface area contributed by atoms with E-state index in [1.54, 1.807) is 7.05 Å². The van der Waals surface area contributed by atoms with Gasteiger partial charge in [0.2, 0.25) is 0 Å². The Bertz CT molecular complexity index is 696. The second kappa shape index (κ2) is 12.8. The number of ether oxygens (including phenoxy) is 1. The largest absolute Gasteiger partial charge is 0.376 e. The van der Waals surface area contributed by atoms with Crippen LogP contribution >= 0.6 is 24.0 Å². The first-order valence-electron chi connectivity index (χ1n) is 10.0. The molecule has 1 aromatic heterocycles. The summed E-state index contributed by atoms with van der Waals surface area (Å²) in [7, 11) is 1.78. The summed E-state index contributed by atoms with van der Waals surface area (Å²) in [6.07, 6.45) is 10.1. The minimum Gasteiger partial charge on any atom is -0.376 e. The number of hydrogen-bond donors (Lipinski definition) is 2. The Morgan fingerprint density at radius 2 is 1.86 bits per heavy atom. The lowest BCUT2D eigenvalue weighted by Crippen LogP contribution is -2.39. The summed E-state index contributed by atoms with van der Waals surface area (Å²) in [5.74, 6) is 0.772. The van der Waals surface area contributed by atoms with E-state index < -0.39 is 0 Å². The van der Waals surface area contributed by atoms with Crippen molar-refractivity contribution in [3.63, 3.8) is 0 Å². The molecule has 0 atom stereocenters. The quantitative estimate of drug-likeness (QED) is 0.200. The van der Waals surface area contributed by atoms with Crippen molar-refractivity contribution in [2.24, 2.45) is 4.99 Å². The van der Waals surface area contributed by atoms with Crippen LogP contribution in [0.15, 0.2) is 47.6 Å². The van der Waals surface area contributed by atoms with Crippen molar-refractivity contribution in [2.45, 2.75) is 51.2 Å². The van der Waals surface area contributed by atoms with Crippen molar-refractivity contribution < 1.29 is 4.74 Å². The van der Waals surface area contributed by atoms with Gasteiger partial charge in [-0.3, -0.25) is 4.99 Å². The van der Waals surface area contributed by atoms with Crippen LogP contribution in [0.1, 0.15) is 44.2 Å². The molecule has 2 N–H and O–H groups in total. The molecule has 1 fully saturated rings. The third kappa shape index (κ3) is 7.43. The number of benzene rings is 1. The van der Waals surface area contributed by atoms with Crippen LogP contribution in [-0.4, -0.2) is 42.0 Å². The molecule has 0 amide bonds. The number of nitrogens with zero attached hydrogens (tertiary/aromatic N) is 3. The molecule has 1 heterocycles. The van der Waals surface area contributed by atoms with Gasteiger partial charge in [0.1, 0.15) is 0 Å². The van der Waals surface area contributed by atoms with Crippen molar-refractivity contribution >= 4 is 29.9 Å². The molecular formula is C21H32IN5O. The first-order valence-corrected chi connectivity index (χ1v) is 10.0. The molecule has 1 aromatic carbocycles. The SMILES string of the molecule is CN=C(NCCOC1CCCCCC1)NCc1ccn(-c2ccccc2)n1.I. The van der Waals surface area contributed by atoms with E-state index in [-0.39, 0.29) is 24.0 Å². The zero-order chi connectivity index (χ0) is 18.7. The van der Waals surface area contributed by atoms with Gasteiger partial charge < -0.3 is 15.4 Å². The molecule has 0 bridgehead atoms. The highest BCUT2D eigenvalue weighted by atomic mass is 127. The molecular weight excluding hydrogens is 465 g/mol. The lowest BCUT2D eigenvalue weighted by atomic mass is 10.1. The Hall–Kier alpha value is -1.61. The summed E-state index contributed by atoms with van der Waals surface area (Å²) in [5, 5.41) is 11.2. The Labute approximate surface area is 185 Å². The van der Waals surface area contributed by atoms with Gasteiger partial charge in [0.05, 0.1) is 30.6 Å². The third-order valence-corrected chi connectivity index (χ3v) is 4.88. The molecule has 154 valence electrons. The van der Waals surface area contributed by atoms with E-state index in [9.17, 15) is 0 Å². The van der Waals surface area contributed by atoms with Gasteiger partial charge in [-0.15, -0.1) is 24.0 Å². The molecule has 1 aliphatic carbocycles. The van der Waals surface area contributed by atoms with Crippen molar-refractivity contribution in [1.82, 2.24) is 20.4 Å². The maximum Gasteiger partial charge on any atom is 0.191 e. The molecule has 7 heteroatoms. The lowest BCUT2D eigenvalue weighted by Gasteiger charge is -2.16. The van der Waals surface area contributed by atoms with Crippen LogP contribution in [0.3, 0.4) is 0 Å². The van der Waals surface area contributed by atoms with Gasteiger partial charge >= 0.3 is 0 Å². The molecule has 3 rings (SSSR count). The number of para-hydroxylation sites is 1. The van der Waals surface area contributed by atoms with Crippen LogP contribution in [0.5, 0.6) is 0 Å². The minimum atomic E-state index is 0. The molecule has 1 saturated carbocycles. The van der Waals surface area contributed by atoms with E-state index >= 15 is 0 Å². The van der Waals surface area contributed by atoms with Crippen LogP contribution in [0.4, 0.5) is 0 Å². The summed E-state index contributed by atoms with van der Waals surface area (Å²) in [6, 6.07) is 12.1. The van der Waals surface area contributed by atoms with E-state index in [1.165, 1.54) is 38.5 Å². The van der Waals surface area contributed by atoms with Crippen molar-refractivity contribution in [3.05, 3.63) is 48.3 Å². The number of nitrogens with one attached hydrogen (secondary N) is 2. The highest BCUT2D eigenvalue weighted by molar-refractivity contribution is 14.0. The summed E-state index contributed by atoms with van der Waals surface area (Å²) in [6.45, 7) is 2.10. The molecule has 0 radical (unpaired) electrons. The highest BCUT2D eigenvalue weighted by Crippen LogP contribution is 2.19. The molecule has 0 aliphatic heterocycles. The number of aliphatic imine (C=N–C) groups is 1. The van der Waals surface area contributed by atoms with Gasteiger partial charge in [-0.25, -0.2) is 4.68 Å². The second-order valence-electron chi connectivity index (χ2n) is 6.92. The number of guanidine groups is 1. The summed E-state index contributed by atoms with van der Waals surface area (Å²) >= 11 is 0. The molecule has 0 spiro atoms. The predicted octanol–water partition coefficient (Wildman–Crippen LogP) is 3.89. The van der Waals surface area contributed by atoms with Gasteiger partial charge in [0, 0.05) is 19.8 Å². The maximum absolute atomic E-state index is 6.01. The average Bonchev–Trinajstić information content (AvgIpc) is 3.04. The maximum atomic E-state index is 6.01.